The smallest absolute Gasteiger partial charge is 0.259 e. The lowest BCUT2D eigenvalue weighted by molar-refractivity contribution is 0.455. The van der Waals surface area contributed by atoms with Crippen LogP contribution in [-0.4, -0.2) is 15.2 Å². The highest BCUT2D eigenvalue weighted by Crippen LogP contribution is 2.29. The molecule has 0 saturated heterocycles. The molecule has 1 aromatic heterocycles. The van der Waals surface area contributed by atoms with E-state index in [1.165, 1.54) is 6.07 Å². The number of aromatic amines is 1. The van der Waals surface area contributed by atoms with Gasteiger partial charge in [-0.05, 0) is 30.9 Å². The third kappa shape index (κ3) is 1.34. The lowest BCUT2D eigenvalue weighted by Crippen LogP contribution is -2.09. The van der Waals surface area contributed by atoms with Crippen LogP contribution in [0.5, 0.6) is 11.5 Å². The predicted octanol–water partition coefficient (Wildman–Crippen LogP) is 1.56. The zero-order chi connectivity index (χ0) is 11.2. The van der Waals surface area contributed by atoms with Crippen molar-refractivity contribution in [1.82, 2.24) is 4.98 Å². The highest BCUT2D eigenvalue weighted by molar-refractivity contribution is 5.91. The van der Waals surface area contributed by atoms with E-state index in [1.807, 2.05) is 6.92 Å². The van der Waals surface area contributed by atoms with Gasteiger partial charge in [-0.2, -0.15) is 0 Å². The SMILES string of the molecule is Cc1[nH]c(=O)c2c(O)cc(O)cc2c1C. The van der Waals surface area contributed by atoms with Crippen molar-refractivity contribution in [3.05, 3.63) is 33.7 Å². The number of hydrogen-bond donors (Lipinski definition) is 3. The fourth-order valence-corrected chi connectivity index (χ4v) is 1.67. The van der Waals surface area contributed by atoms with Gasteiger partial charge in [0, 0.05) is 11.8 Å². The first-order valence-electron chi connectivity index (χ1n) is 4.56. The summed E-state index contributed by atoms with van der Waals surface area (Å²) in [4.78, 5) is 14.2. The molecule has 3 N–H and O–H groups in total. The van der Waals surface area contributed by atoms with Gasteiger partial charge in [-0.25, -0.2) is 0 Å². The Kier molecular flexibility index (Phi) is 1.93. The number of rotatable bonds is 0. The number of H-pyrrole nitrogens is 1. The number of phenols is 2. The first-order valence-corrected chi connectivity index (χ1v) is 4.56. The van der Waals surface area contributed by atoms with Crippen LogP contribution >= 0.6 is 0 Å². The topological polar surface area (TPSA) is 73.3 Å². The van der Waals surface area contributed by atoms with Crippen molar-refractivity contribution in [1.29, 1.82) is 0 Å². The normalized spacial score (nSPS) is 10.8. The minimum Gasteiger partial charge on any atom is -0.508 e. The molecule has 2 rings (SSSR count). The minimum absolute atomic E-state index is 0.0481. The molecule has 2 aromatic rings. The van der Waals surface area contributed by atoms with Gasteiger partial charge in [0.15, 0.2) is 0 Å². The number of pyridine rings is 1. The van der Waals surface area contributed by atoms with Crippen molar-refractivity contribution >= 4 is 10.8 Å². The van der Waals surface area contributed by atoms with Crippen LogP contribution in [0.25, 0.3) is 10.8 Å². The zero-order valence-corrected chi connectivity index (χ0v) is 8.46. The highest BCUT2D eigenvalue weighted by atomic mass is 16.3. The summed E-state index contributed by atoms with van der Waals surface area (Å²) in [5, 5.41) is 19.7. The Morgan fingerprint density at radius 2 is 1.87 bits per heavy atom. The summed E-state index contributed by atoms with van der Waals surface area (Å²) in [6, 6.07) is 2.64. The van der Waals surface area contributed by atoms with Crippen LogP contribution in [0.1, 0.15) is 11.3 Å². The Morgan fingerprint density at radius 1 is 1.20 bits per heavy atom. The summed E-state index contributed by atoms with van der Waals surface area (Å²) < 4.78 is 0. The molecule has 0 unspecified atom stereocenters. The quantitative estimate of drug-likeness (QED) is 0.611. The Morgan fingerprint density at radius 3 is 2.53 bits per heavy atom. The van der Waals surface area contributed by atoms with Crippen molar-refractivity contribution in [3.8, 4) is 11.5 Å². The number of benzene rings is 1. The molecule has 0 bridgehead atoms. The van der Waals surface area contributed by atoms with Crippen LogP contribution in [0.3, 0.4) is 0 Å². The van der Waals surface area contributed by atoms with Crippen molar-refractivity contribution in [3.63, 3.8) is 0 Å². The molecule has 0 aliphatic carbocycles. The average molecular weight is 205 g/mol. The van der Waals surface area contributed by atoms with Crippen LogP contribution < -0.4 is 5.56 Å². The third-order valence-electron chi connectivity index (χ3n) is 2.60. The molecule has 0 atom stereocenters. The van der Waals surface area contributed by atoms with E-state index in [0.717, 1.165) is 17.3 Å². The standard InChI is InChI=1S/C11H11NO3/c1-5-6(2)12-11(15)10-8(5)3-7(13)4-9(10)14/h3-4,13-14H,1-2H3,(H,12,15). The van der Waals surface area contributed by atoms with Crippen LogP contribution in [0.4, 0.5) is 0 Å². The summed E-state index contributed by atoms with van der Waals surface area (Å²) in [6.45, 7) is 3.60. The van der Waals surface area contributed by atoms with Gasteiger partial charge in [-0.1, -0.05) is 0 Å². The second-order valence-electron chi connectivity index (χ2n) is 3.59. The van der Waals surface area contributed by atoms with E-state index in [-0.39, 0.29) is 22.4 Å². The predicted molar refractivity (Wildman–Crippen MR) is 57.4 cm³/mol. The van der Waals surface area contributed by atoms with Gasteiger partial charge in [0.05, 0.1) is 5.39 Å². The lowest BCUT2D eigenvalue weighted by Gasteiger charge is -2.07. The second kappa shape index (κ2) is 3.02. The maximum Gasteiger partial charge on any atom is 0.259 e. The first-order chi connectivity index (χ1) is 7.00. The Labute approximate surface area is 85.8 Å². The number of nitrogens with one attached hydrogen (secondary N) is 1. The van der Waals surface area contributed by atoms with Crippen molar-refractivity contribution in [2.45, 2.75) is 13.8 Å². The number of aromatic nitrogens is 1. The monoisotopic (exact) mass is 205 g/mol. The molecule has 0 spiro atoms. The van der Waals surface area contributed by atoms with E-state index in [0.29, 0.717) is 5.39 Å². The van der Waals surface area contributed by atoms with Crippen molar-refractivity contribution in [2.75, 3.05) is 0 Å². The second-order valence-corrected chi connectivity index (χ2v) is 3.59. The van der Waals surface area contributed by atoms with Gasteiger partial charge < -0.3 is 15.2 Å². The van der Waals surface area contributed by atoms with E-state index in [9.17, 15) is 15.0 Å². The maximum absolute atomic E-state index is 11.6. The lowest BCUT2D eigenvalue weighted by atomic mass is 10.0. The van der Waals surface area contributed by atoms with Gasteiger partial charge in [-0.15, -0.1) is 0 Å². The fraction of sp³-hybridized carbons (Fsp3) is 0.182. The average Bonchev–Trinajstić information content (AvgIpc) is 2.12. The molecule has 0 fully saturated rings. The summed E-state index contributed by atoms with van der Waals surface area (Å²) in [6.07, 6.45) is 0. The van der Waals surface area contributed by atoms with Crippen LogP contribution in [0, 0.1) is 13.8 Å². The van der Waals surface area contributed by atoms with E-state index in [1.54, 1.807) is 6.92 Å². The summed E-state index contributed by atoms with van der Waals surface area (Å²) in [5.41, 5.74) is 1.24. The molecule has 1 heterocycles. The number of hydrogen-bond acceptors (Lipinski definition) is 3. The summed E-state index contributed by atoms with van der Waals surface area (Å²) in [7, 11) is 0. The molecule has 4 nitrogen and oxygen atoms in total. The molecule has 1 aromatic carbocycles. The van der Waals surface area contributed by atoms with Crippen LogP contribution in [-0.2, 0) is 0 Å². The Balaban J connectivity index is 3.10. The van der Waals surface area contributed by atoms with Crippen molar-refractivity contribution in [2.24, 2.45) is 0 Å². The molecular formula is C11H11NO3. The fourth-order valence-electron chi connectivity index (χ4n) is 1.67. The third-order valence-corrected chi connectivity index (χ3v) is 2.60. The number of fused-ring (bicyclic) bond motifs is 1. The molecule has 0 radical (unpaired) electrons. The van der Waals surface area contributed by atoms with Gasteiger partial charge in [0.1, 0.15) is 11.5 Å². The largest absolute Gasteiger partial charge is 0.508 e. The van der Waals surface area contributed by atoms with Gasteiger partial charge in [0.25, 0.3) is 5.56 Å². The van der Waals surface area contributed by atoms with E-state index in [4.69, 9.17) is 0 Å². The van der Waals surface area contributed by atoms with Crippen molar-refractivity contribution < 1.29 is 10.2 Å². The molecule has 0 saturated carbocycles. The van der Waals surface area contributed by atoms with Gasteiger partial charge in [0.2, 0.25) is 0 Å². The van der Waals surface area contributed by atoms with E-state index < -0.39 is 0 Å². The molecule has 0 amide bonds. The van der Waals surface area contributed by atoms with E-state index >= 15 is 0 Å². The number of aromatic hydroxyl groups is 2. The van der Waals surface area contributed by atoms with Crippen LogP contribution in [0.2, 0.25) is 0 Å². The molecule has 78 valence electrons. The summed E-state index contributed by atoms with van der Waals surface area (Å²) >= 11 is 0. The molecular weight excluding hydrogens is 194 g/mol. The molecule has 0 aliphatic heterocycles. The van der Waals surface area contributed by atoms with Crippen LogP contribution in [0.15, 0.2) is 16.9 Å². The number of phenolic OH excluding ortho intramolecular Hbond substituents is 2. The molecule has 4 heteroatoms. The Hall–Kier alpha value is -1.97. The maximum atomic E-state index is 11.6. The zero-order valence-electron chi connectivity index (χ0n) is 8.46. The summed E-state index contributed by atoms with van der Waals surface area (Å²) in [5.74, 6) is -0.248. The molecule has 15 heavy (non-hydrogen) atoms. The molecule has 0 aliphatic rings. The first kappa shape index (κ1) is 9.58. The van der Waals surface area contributed by atoms with E-state index in [2.05, 4.69) is 4.98 Å². The van der Waals surface area contributed by atoms with Gasteiger partial charge in [-0.3, -0.25) is 4.79 Å². The number of aryl methyl sites for hydroxylation is 2. The highest BCUT2D eigenvalue weighted by Gasteiger charge is 2.10. The Bertz CT molecular complexity index is 599. The minimum atomic E-state index is -0.342. The van der Waals surface area contributed by atoms with Gasteiger partial charge >= 0.3 is 0 Å².